The highest BCUT2D eigenvalue weighted by atomic mass is 19.1. The third-order valence-electron chi connectivity index (χ3n) is 5.02. The fraction of sp³-hybridized carbons (Fsp3) is 0.286. The molecule has 134 valence electrons. The standard InChI is InChI=1S/C21H22FN3O/c1-21(2)12-23-8-7-17(21)18-11-16-14(6-9-24-20(16)25-18)15-10-13(22)4-5-19(15)26-3/h4-7,9-11,23H,8,12H2,1-3H3,(H,24,25). The SMILES string of the molecule is COc1ccc(F)cc1-c1ccnc2[nH]c(C3=CCNCC3(C)C)cc12. The Labute approximate surface area is 152 Å². The lowest BCUT2D eigenvalue weighted by Gasteiger charge is -2.31. The van der Waals surface area contributed by atoms with Crippen LogP contribution < -0.4 is 10.1 Å². The van der Waals surface area contributed by atoms with E-state index in [9.17, 15) is 4.39 Å². The Morgan fingerprint density at radius 2 is 2.00 bits per heavy atom. The van der Waals surface area contributed by atoms with Crippen LogP contribution in [0.15, 0.2) is 42.6 Å². The van der Waals surface area contributed by atoms with Crippen molar-refractivity contribution in [2.45, 2.75) is 13.8 Å². The molecule has 3 heterocycles. The number of aromatic amines is 1. The summed E-state index contributed by atoms with van der Waals surface area (Å²) in [4.78, 5) is 7.92. The predicted octanol–water partition coefficient (Wildman–Crippen LogP) is 4.39. The molecule has 26 heavy (non-hydrogen) atoms. The van der Waals surface area contributed by atoms with Gasteiger partial charge in [-0.2, -0.15) is 0 Å². The third-order valence-corrected chi connectivity index (χ3v) is 5.02. The lowest BCUT2D eigenvalue weighted by molar-refractivity contribution is 0.415. The van der Waals surface area contributed by atoms with Crippen LogP contribution in [0.25, 0.3) is 27.7 Å². The number of methoxy groups -OCH3 is 1. The van der Waals surface area contributed by atoms with E-state index in [-0.39, 0.29) is 11.2 Å². The van der Waals surface area contributed by atoms with E-state index >= 15 is 0 Å². The Kier molecular flexibility index (Phi) is 4.04. The minimum atomic E-state index is -0.288. The summed E-state index contributed by atoms with van der Waals surface area (Å²) in [6, 6.07) is 8.59. The van der Waals surface area contributed by atoms with Gasteiger partial charge in [0.05, 0.1) is 7.11 Å². The molecule has 4 rings (SSSR count). The number of hydrogen-bond donors (Lipinski definition) is 2. The van der Waals surface area contributed by atoms with E-state index < -0.39 is 0 Å². The molecule has 0 unspecified atom stereocenters. The van der Waals surface area contributed by atoms with Crippen molar-refractivity contribution in [1.82, 2.24) is 15.3 Å². The van der Waals surface area contributed by atoms with Crippen molar-refractivity contribution < 1.29 is 9.13 Å². The van der Waals surface area contributed by atoms with Gasteiger partial charge < -0.3 is 15.0 Å². The van der Waals surface area contributed by atoms with E-state index in [1.54, 1.807) is 19.4 Å². The summed E-state index contributed by atoms with van der Waals surface area (Å²) in [7, 11) is 1.60. The molecule has 2 aromatic heterocycles. The average molecular weight is 351 g/mol. The van der Waals surface area contributed by atoms with Crippen molar-refractivity contribution >= 4 is 16.6 Å². The molecule has 0 radical (unpaired) electrons. The van der Waals surface area contributed by atoms with Crippen LogP contribution in [0.1, 0.15) is 19.5 Å². The number of pyridine rings is 1. The van der Waals surface area contributed by atoms with Crippen molar-refractivity contribution in [3.05, 3.63) is 54.1 Å². The fourth-order valence-electron chi connectivity index (χ4n) is 3.70. The minimum Gasteiger partial charge on any atom is -0.496 e. The Balaban J connectivity index is 1.90. The first-order valence-electron chi connectivity index (χ1n) is 8.73. The highest BCUT2D eigenvalue weighted by Gasteiger charge is 2.28. The normalized spacial score (nSPS) is 16.5. The fourth-order valence-corrected chi connectivity index (χ4v) is 3.70. The molecule has 5 heteroatoms. The predicted molar refractivity (Wildman–Crippen MR) is 103 cm³/mol. The highest BCUT2D eigenvalue weighted by molar-refractivity contribution is 5.97. The zero-order valence-corrected chi connectivity index (χ0v) is 15.2. The molecule has 2 N–H and O–H groups in total. The van der Waals surface area contributed by atoms with E-state index in [1.807, 2.05) is 6.07 Å². The summed E-state index contributed by atoms with van der Waals surface area (Å²) in [6.45, 7) is 6.22. The van der Waals surface area contributed by atoms with Crippen LogP contribution in [0.3, 0.4) is 0 Å². The van der Waals surface area contributed by atoms with Crippen LogP contribution >= 0.6 is 0 Å². The molecule has 0 atom stereocenters. The Morgan fingerprint density at radius 1 is 1.15 bits per heavy atom. The first kappa shape index (κ1) is 16.8. The smallest absolute Gasteiger partial charge is 0.138 e. The highest BCUT2D eigenvalue weighted by Crippen LogP contribution is 2.39. The molecule has 0 spiro atoms. The molecule has 4 nitrogen and oxygen atoms in total. The van der Waals surface area contributed by atoms with Crippen molar-refractivity contribution in [1.29, 1.82) is 0 Å². The molecule has 3 aromatic rings. The van der Waals surface area contributed by atoms with Gasteiger partial charge in [0.15, 0.2) is 0 Å². The molecule has 0 saturated carbocycles. The number of fused-ring (bicyclic) bond motifs is 1. The van der Waals surface area contributed by atoms with Crippen molar-refractivity contribution in [2.24, 2.45) is 5.41 Å². The van der Waals surface area contributed by atoms with Crippen LogP contribution in [-0.2, 0) is 0 Å². The summed E-state index contributed by atoms with van der Waals surface area (Å²) in [5.41, 5.74) is 4.77. The maximum absolute atomic E-state index is 13.9. The Bertz CT molecular complexity index is 1000. The number of nitrogens with zero attached hydrogens (tertiary/aromatic N) is 1. The van der Waals surface area contributed by atoms with Gasteiger partial charge in [-0.3, -0.25) is 0 Å². The molecular formula is C21H22FN3O. The van der Waals surface area contributed by atoms with E-state index in [0.717, 1.165) is 40.9 Å². The Hall–Kier alpha value is -2.66. The van der Waals surface area contributed by atoms with Gasteiger partial charge in [-0.25, -0.2) is 9.37 Å². The zero-order valence-electron chi connectivity index (χ0n) is 15.2. The molecule has 1 aromatic carbocycles. The van der Waals surface area contributed by atoms with Crippen molar-refractivity contribution in [2.75, 3.05) is 20.2 Å². The molecule has 0 amide bonds. The average Bonchev–Trinajstić information content (AvgIpc) is 3.05. The van der Waals surface area contributed by atoms with Gasteiger partial charge >= 0.3 is 0 Å². The molecule has 0 saturated heterocycles. The summed E-state index contributed by atoms with van der Waals surface area (Å²) >= 11 is 0. The van der Waals surface area contributed by atoms with Crippen molar-refractivity contribution in [3.63, 3.8) is 0 Å². The van der Waals surface area contributed by atoms with E-state index in [4.69, 9.17) is 4.74 Å². The molecule has 0 aliphatic carbocycles. The number of rotatable bonds is 3. The minimum absolute atomic E-state index is 0.0236. The molecule has 1 aliphatic rings. The maximum atomic E-state index is 13.9. The number of ether oxygens (including phenoxy) is 1. The van der Waals surface area contributed by atoms with E-state index in [2.05, 4.69) is 41.3 Å². The van der Waals surface area contributed by atoms with Gasteiger partial charge in [0, 0.05) is 41.3 Å². The van der Waals surface area contributed by atoms with Crippen LogP contribution in [0.4, 0.5) is 4.39 Å². The van der Waals surface area contributed by atoms with Gasteiger partial charge in [0.2, 0.25) is 0 Å². The third kappa shape index (κ3) is 2.78. The van der Waals surface area contributed by atoms with E-state index in [0.29, 0.717) is 5.75 Å². The van der Waals surface area contributed by atoms with Crippen molar-refractivity contribution in [3.8, 4) is 16.9 Å². The summed E-state index contributed by atoms with van der Waals surface area (Å²) in [5, 5.41) is 4.36. The molecule has 0 fully saturated rings. The number of halogens is 1. The van der Waals surface area contributed by atoms with Crippen LogP contribution in [0.5, 0.6) is 5.75 Å². The zero-order chi connectivity index (χ0) is 18.3. The topological polar surface area (TPSA) is 49.9 Å². The number of benzene rings is 1. The lowest BCUT2D eigenvalue weighted by atomic mass is 9.80. The van der Waals surface area contributed by atoms with Crippen LogP contribution in [0, 0.1) is 11.2 Å². The molecule has 0 bridgehead atoms. The van der Waals surface area contributed by atoms with Gasteiger partial charge in [-0.1, -0.05) is 19.9 Å². The quantitative estimate of drug-likeness (QED) is 0.736. The first-order valence-corrected chi connectivity index (χ1v) is 8.73. The summed E-state index contributed by atoms with van der Waals surface area (Å²) < 4.78 is 19.3. The lowest BCUT2D eigenvalue weighted by Crippen LogP contribution is -2.35. The maximum Gasteiger partial charge on any atom is 0.138 e. The second-order valence-electron chi connectivity index (χ2n) is 7.28. The van der Waals surface area contributed by atoms with Crippen LogP contribution in [0.2, 0.25) is 0 Å². The Morgan fingerprint density at radius 3 is 2.77 bits per heavy atom. The van der Waals surface area contributed by atoms with Gasteiger partial charge in [-0.15, -0.1) is 0 Å². The number of hydrogen-bond acceptors (Lipinski definition) is 3. The second-order valence-corrected chi connectivity index (χ2v) is 7.28. The summed E-state index contributed by atoms with van der Waals surface area (Å²) in [5.74, 6) is 0.353. The monoisotopic (exact) mass is 351 g/mol. The summed E-state index contributed by atoms with van der Waals surface area (Å²) in [6.07, 6.45) is 3.96. The number of H-pyrrole nitrogens is 1. The largest absolute Gasteiger partial charge is 0.496 e. The number of nitrogens with one attached hydrogen (secondary N) is 2. The first-order chi connectivity index (χ1) is 12.5. The second kappa shape index (κ2) is 6.25. The van der Waals surface area contributed by atoms with Gasteiger partial charge in [-0.05, 0) is 41.5 Å². The molecule has 1 aliphatic heterocycles. The van der Waals surface area contributed by atoms with Gasteiger partial charge in [0.1, 0.15) is 17.2 Å². The van der Waals surface area contributed by atoms with Crippen LogP contribution in [-0.4, -0.2) is 30.2 Å². The van der Waals surface area contributed by atoms with E-state index in [1.165, 1.54) is 17.7 Å². The molecular weight excluding hydrogens is 329 g/mol. The van der Waals surface area contributed by atoms with Gasteiger partial charge in [0.25, 0.3) is 0 Å². The number of aromatic nitrogens is 2.